The highest BCUT2D eigenvalue weighted by atomic mass is 16.5. The zero-order valence-electron chi connectivity index (χ0n) is 17.5. The minimum Gasteiger partial charge on any atom is -0.481 e. The van der Waals surface area contributed by atoms with Crippen LogP contribution in [0.1, 0.15) is 17.3 Å². The fourth-order valence-electron chi connectivity index (χ4n) is 2.89. The van der Waals surface area contributed by atoms with Gasteiger partial charge in [-0.25, -0.2) is 0 Å². The van der Waals surface area contributed by atoms with Crippen molar-refractivity contribution in [2.24, 2.45) is 0 Å². The van der Waals surface area contributed by atoms with Crippen LogP contribution < -0.4 is 14.4 Å². The van der Waals surface area contributed by atoms with Gasteiger partial charge in [0, 0.05) is 26.7 Å². The fraction of sp³-hybridized carbons (Fsp3) is 0.350. The van der Waals surface area contributed by atoms with Gasteiger partial charge in [-0.05, 0) is 19.1 Å². The molecule has 0 unspecified atom stereocenters. The number of amides is 1. The highest BCUT2D eigenvalue weighted by Crippen LogP contribution is 2.20. The predicted octanol–water partition coefficient (Wildman–Crippen LogP) is 1.67. The molecular formula is C20H25N7O3. The molecule has 0 spiro atoms. The van der Waals surface area contributed by atoms with Crippen LogP contribution >= 0.6 is 0 Å². The van der Waals surface area contributed by atoms with Gasteiger partial charge in [-0.1, -0.05) is 12.1 Å². The number of methoxy groups -OCH3 is 2. The molecule has 158 valence electrons. The molecule has 0 aliphatic heterocycles. The lowest BCUT2D eigenvalue weighted by Gasteiger charge is -2.25. The lowest BCUT2D eigenvalue weighted by molar-refractivity contribution is 0.0768. The van der Waals surface area contributed by atoms with E-state index in [0.717, 1.165) is 0 Å². The number of ether oxygens (including phenoxy) is 2. The smallest absolute Gasteiger partial charge is 0.256 e. The third-order valence-electron chi connectivity index (χ3n) is 4.57. The van der Waals surface area contributed by atoms with Crippen molar-refractivity contribution in [3.8, 4) is 17.4 Å². The quantitative estimate of drug-likeness (QED) is 0.524. The summed E-state index contributed by atoms with van der Waals surface area (Å²) in [4.78, 5) is 27.0. The second kappa shape index (κ2) is 9.68. The Kier molecular flexibility index (Phi) is 6.79. The monoisotopic (exact) mass is 411 g/mol. The average molecular weight is 411 g/mol. The maximum atomic E-state index is 13.2. The highest BCUT2D eigenvalue weighted by Gasteiger charge is 2.20. The number of likely N-dealkylation sites (N-methyl/N-ethyl adjacent to an activating group) is 2. The van der Waals surface area contributed by atoms with Gasteiger partial charge in [-0.3, -0.25) is 4.79 Å². The topological polar surface area (TPSA) is 98.5 Å². The van der Waals surface area contributed by atoms with Crippen LogP contribution in [0.5, 0.6) is 11.8 Å². The molecule has 2 aromatic heterocycles. The molecule has 0 atom stereocenters. The molecule has 10 nitrogen and oxygen atoms in total. The maximum absolute atomic E-state index is 13.2. The van der Waals surface area contributed by atoms with Crippen LogP contribution in [0.4, 0.5) is 5.95 Å². The number of carbonyl (C=O) groups is 1. The van der Waals surface area contributed by atoms with Crippen LogP contribution in [0.25, 0.3) is 5.69 Å². The summed E-state index contributed by atoms with van der Waals surface area (Å²) in [5, 5.41) is 8.30. The van der Waals surface area contributed by atoms with Crippen molar-refractivity contribution in [3.63, 3.8) is 0 Å². The third-order valence-corrected chi connectivity index (χ3v) is 4.57. The molecule has 3 rings (SSSR count). The Hall–Kier alpha value is -3.69. The zero-order chi connectivity index (χ0) is 21.5. The Morgan fingerprint density at radius 3 is 2.27 bits per heavy atom. The van der Waals surface area contributed by atoms with Crippen molar-refractivity contribution in [2.75, 3.05) is 45.8 Å². The van der Waals surface area contributed by atoms with Gasteiger partial charge in [0.1, 0.15) is 0 Å². The van der Waals surface area contributed by atoms with Crippen molar-refractivity contribution in [2.45, 2.75) is 6.92 Å². The second-order valence-electron chi connectivity index (χ2n) is 6.39. The van der Waals surface area contributed by atoms with Gasteiger partial charge in [0.15, 0.2) is 0 Å². The molecule has 0 bridgehead atoms. The number of rotatable bonds is 9. The third kappa shape index (κ3) is 4.65. The normalized spacial score (nSPS) is 10.5. The number of nitrogens with zero attached hydrogens (tertiary/aromatic N) is 7. The van der Waals surface area contributed by atoms with E-state index in [9.17, 15) is 4.79 Å². The van der Waals surface area contributed by atoms with Crippen molar-refractivity contribution >= 4 is 11.9 Å². The molecule has 10 heteroatoms. The van der Waals surface area contributed by atoms with E-state index in [4.69, 9.17) is 9.47 Å². The summed E-state index contributed by atoms with van der Waals surface area (Å²) in [5.41, 5.74) is 1.18. The minimum absolute atomic E-state index is 0.0945. The first kappa shape index (κ1) is 21.0. The summed E-state index contributed by atoms with van der Waals surface area (Å²) >= 11 is 0. The number of aromatic nitrogens is 5. The standard InChI is InChI=1S/C20H25N7O3/c1-5-26(13-12-25(2)20-23-17(29-3)14-18(24-20)30-4)19(28)15-8-6-7-9-16(15)27-21-10-11-22-27/h6-11,14H,5,12-13H2,1-4H3. The van der Waals surface area contributed by atoms with E-state index in [-0.39, 0.29) is 5.91 Å². The lowest BCUT2D eigenvalue weighted by Crippen LogP contribution is -2.38. The van der Waals surface area contributed by atoms with Crippen LogP contribution in [0.15, 0.2) is 42.7 Å². The van der Waals surface area contributed by atoms with Crippen molar-refractivity contribution in [3.05, 3.63) is 48.3 Å². The van der Waals surface area contributed by atoms with E-state index in [0.29, 0.717) is 48.6 Å². The molecule has 0 fully saturated rings. The number of hydrogen-bond acceptors (Lipinski definition) is 8. The highest BCUT2D eigenvalue weighted by molar-refractivity contribution is 5.97. The molecule has 3 aromatic rings. The van der Waals surface area contributed by atoms with Crippen LogP contribution in [-0.2, 0) is 0 Å². The summed E-state index contributed by atoms with van der Waals surface area (Å²) in [6, 6.07) is 8.90. The van der Waals surface area contributed by atoms with Crippen molar-refractivity contribution in [1.29, 1.82) is 0 Å². The number of benzene rings is 1. The molecule has 0 saturated heterocycles. The number of hydrogen-bond donors (Lipinski definition) is 0. The van der Waals surface area contributed by atoms with Gasteiger partial charge < -0.3 is 19.3 Å². The SMILES string of the molecule is CCN(CCN(C)c1nc(OC)cc(OC)n1)C(=O)c1ccccc1-n1nccn1. The molecule has 1 aromatic carbocycles. The Morgan fingerprint density at radius 1 is 1.03 bits per heavy atom. The first-order valence-electron chi connectivity index (χ1n) is 9.50. The van der Waals surface area contributed by atoms with E-state index in [1.54, 1.807) is 29.4 Å². The van der Waals surface area contributed by atoms with E-state index in [1.807, 2.05) is 37.1 Å². The lowest BCUT2D eigenvalue weighted by atomic mass is 10.1. The van der Waals surface area contributed by atoms with Gasteiger partial charge in [-0.2, -0.15) is 25.0 Å². The molecule has 0 N–H and O–H groups in total. The first-order chi connectivity index (χ1) is 14.6. The largest absolute Gasteiger partial charge is 0.481 e. The first-order valence-corrected chi connectivity index (χ1v) is 9.50. The molecule has 0 radical (unpaired) electrons. The summed E-state index contributed by atoms with van der Waals surface area (Å²) in [7, 11) is 4.93. The number of carbonyl (C=O) groups excluding carboxylic acids is 1. The minimum atomic E-state index is -0.0945. The predicted molar refractivity (Wildman–Crippen MR) is 111 cm³/mol. The van der Waals surface area contributed by atoms with E-state index < -0.39 is 0 Å². The van der Waals surface area contributed by atoms with E-state index in [2.05, 4.69) is 20.2 Å². The Labute approximate surface area is 175 Å². The molecule has 2 heterocycles. The van der Waals surface area contributed by atoms with Crippen LogP contribution in [-0.4, -0.2) is 76.7 Å². The molecule has 30 heavy (non-hydrogen) atoms. The fourth-order valence-corrected chi connectivity index (χ4v) is 2.89. The summed E-state index contributed by atoms with van der Waals surface area (Å²) < 4.78 is 10.4. The number of para-hydroxylation sites is 1. The average Bonchev–Trinajstić information content (AvgIpc) is 3.33. The molecule has 1 amide bonds. The van der Waals surface area contributed by atoms with Crippen LogP contribution in [0, 0.1) is 0 Å². The Balaban J connectivity index is 1.74. The second-order valence-corrected chi connectivity index (χ2v) is 6.39. The van der Waals surface area contributed by atoms with Gasteiger partial charge in [-0.15, -0.1) is 0 Å². The van der Waals surface area contributed by atoms with Crippen LogP contribution in [0.2, 0.25) is 0 Å². The molecule has 0 aliphatic rings. The van der Waals surface area contributed by atoms with Gasteiger partial charge in [0.25, 0.3) is 5.91 Å². The summed E-state index contributed by atoms with van der Waals surface area (Å²) in [6.45, 7) is 3.50. The maximum Gasteiger partial charge on any atom is 0.256 e. The van der Waals surface area contributed by atoms with Gasteiger partial charge in [0.2, 0.25) is 17.7 Å². The number of anilines is 1. The van der Waals surface area contributed by atoms with E-state index >= 15 is 0 Å². The van der Waals surface area contributed by atoms with Crippen molar-refractivity contribution < 1.29 is 14.3 Å². The summed E-state index contributed by atoms with van der Waals surface area (Å²) in [5.74, 6) is 1.18. The van der Waals surface area contributed by atoms with E-state index in [1.165, 1.54) is 19.0 Å². The molecule has 0 aliphatic carbocycles. The zero-order valence-corrected chi connectivity index (χ0v) is 17.5. The Bertz CT molecular complexity index is 956. The van der Waals surface area contributed by atoms with Gasteiger partial charge in [0.05, 0.1) is 43.9 Å². The van der Waals surface area contributed by atoms with Crippen molar-refractivity contribution in [1.82, 2.24) is 29.9 Å². The molecule has 0 saturated carbocycles. The Morgan fingerprint density at radius 2 is 1.67 bits per heavy atom. The summed E-state index contributed by atoms with van der Waals surface area (Å²) in [6.07, 6.45) is 3.16. The van der Waals surface area contributed by atoms with Crippen LogP contribution in [0.3, 0.4) is 0 Å². The molecular weight excluding hydrogens is 386 g/mol. The van der Waals surface area contributed by atoms with Gasteiger partial charge >= 0.3 is 0 Å².